The third-order valence-electron chi connectivity index (χ3n) is 3.19. The fourth-order valence-corrected chi connectivity index (χ4v) is 2.23. The average molecular weight is 316 g/mol. The Bertz CT molecular complexity index is 695. The molecular weight excluding hydrogens is 296 g/mol. The van der Waals surface area contributed by atoms with Gasteiger partial charge in [0.05, 0.1) is 18.3 Å². The second-order valence-electron chi connectivity index (χ2n) is 5.22. The van der Waals surface area contributed by atoms with Crippen LogP contribution in [0.1, 0.15) is 35.3 Å². The highest BCUT2D eigenvalue weighted by molar-refractivity contribution is 7.71. The Kier molecular flexibility index (Phi) is 5.86. The highest BCUT2D eigenvalue weighted by atomic mass is 32.1. The molecule has 0 unspecified atom stereocenters. The van der Waals surface area contributed by atoms with Gasteiger partial charge >= 0.3 is 0 Å². The van der Waals surface area contributed by atoms with Gasteiger partial charge in [-0.25, -0.2) is 0 Å². The number of rotatable bonds is 6. The molecule has 0 saturated carbocycles. The molecule has 4 nitrogen and oxygen atoms in total. The molecule has 1 aromatic carbocycles. The van der Waals surface area contributed by atoms with E-state index in [1.165, 1.54) is 0 Å². The lowest BCUT2D eigenvalue weighted by molar-refractivity contribution is 0.0651. The summed E-state index contributed by atoms with van der Waals surface area (Å²) in [6, 6.07) is 11.4. The van der Waals surface area contributed by atoms with Gasteiger partial charge < -0.3 is 15.0 Å². The zero-order valence-electron chi connectivity index (χ0n) is 12.8. The predicted octanol–water partition coefficient (Wildman–Crippen LogP) is 3.60. The first-order chi connectivity index (χ1) is 10.6. The molecule has 0 fully saturated rings. The lowest BCUT2D eigenvalue weighted by atomic mass is 10.1. The number of H-pyrrole nitrogens is 1. The molecule has 22 heavy (non-hydrogen) atoms. The highest BCUT2D eigenvalue weighted by Gasteiger charge is 2.09. The van der Waals surface area contributed by atoms with Crippen molar-refractivity contribution in [3.63, 3.8) is 0 Å². The van der Waals surface area contributed by atoms with E-state index in [1.807, 2.05) is 38.1 Å². The zero-order chi connectivity index (χ0) is 15.9. The monoisotopic (exact) mass is 316 g/mol. The number of carbonyl (C=O) groups excluding carboxylic acids is 1. The van der Waals surface area contributed by atoms with E-state index in [0.29, 0.717) is 23.4 Å². The van der Waals surface area contributed by atoms with Crippen LogP contribution in [-0.2, 0) is 17.9 Å². The number of aromatic nitrogens is 1. The van der Waals surface area contributed by atoms with Crippen LogP contribution in [0.3, 0.4) is 0 Å². The van der Waals surface area contributed by atoms with Crippen LogP contribution in [0.4, 0.5) is 0 Å². The third kappa shape index (κ3) is 4.51. The Morgan fingerprint density at radius 3 is 2.64 bits per heavy atom. The van der Waals surface area contributed by atoms with Crippen LogP contribution in [0.5, 0.6) is 0 Å². The van der Waals surface area contributed by atoms with E-state index < -0.39 is 0 Å². The van der Waals surface area contributed by atoms with Gasteiger partial charge in [0.1, 0.15) is 4.64 Å². The number of nitrogens with one attached hydrogen (secondary N) is 2. The summed E-state index contributed by atoms with van der Waals surface area (Å²) in [5, 5.41) is 2.90. The van der Waals surface area contributed by atoms with Crippen molar-refractivity contribution in [2.24, 2.45) is 0 Å². The second kappa shape index (κ2) is 7.87. The fraction of sp³-hybridized carbons (Fsp3) is 0.294. The zero-order valence-corrected chi connectivity index (χ0v) is 13.6. The van der Waals surface area contributed by atoms with Gasteiger partial charge in [0, 0.05) is 12.7 Å². The molecule has 1 heterocycles. The van der Waals surface area contributed by atoms with E-state index in [1.54, 1.807) is 18.3 Å². The van der Waals surface area contributed by atoms with Crippen molar-refractivity contribution >= 4 is 18.1 Å². The molecule has 2 N–H and O–H groups in total. The molecule has 0 aliphatic heterocycles. The molecule has 0 aliphatic rings. The van der Waals surface area contributed by atoms with E-state index in [4.69, 9.17) is 17.0 Å². The Balaban J connectivity index is 2.04. The van der Waals surface area contributed by atoms with Crippen LogP contribution in [-0.4, -0.2) is 17.0 Å². The number of hydrogen-bond acceptors (Lipinski definition) is 3. The van der Waals surface area contributed by atoms with Gasteiger partial charge in [-0.1, -0.05) is 36.5 Å². The number of aromatic amines is 1. The first-order valence-electron chi connectivity index (χ1n) is 7.22. The summed E-state index contributed by atoms with van der Waals surface area (Å²) >= 11 is 5.12. The maximum absolute atomic E-state index is 12.2. The van der Waals surface area contributed by atoms with E-state index in [9.17, 15) is 4.79 Å². The topological polar surface area (TPSA) is 54.1 Å². The van der Waals surface area contributed by atoms with Gasteiger partial charge in [0.25, 0.3) is 5.91 Å². The summed E-state index contributed by atoms with van der Waals surface area (Å²) < 4.78 is 6.09. The van der Waals surface area contributed by atoms with E-state index in [0.717, 1.165) is 11.1 Å². The Morgan fingerprint density at radius 2 is 1.95 bits per heavy atom. The van der Waals surface area contributed by atoms with Crippen LogP contribution < -0.4 is 5.32 Å². The van der Waals surface area contributed by atoms with E-state index in [2.05, 4.69) is 10.3 Å². The molecule has 1 aromatic heterocycles. The quantitative estimate of drug-likeness (QED) is 0.801. The van der Waals surface area contributed by atoms with Crippen LogP contribution >= 0.6 is 12.2 Å². The minimum absolute atomic E-state index is 0.172. The highest BCUT2D eigenvalue weighted by Crippen LogP contribution is 2.11. The minimum Gasteiger partial charge on any atom is -0.374 e. The number of carbonyl (C=O) groups is 1. The SMILES string of the molecule is CC(C)OCc1ccccc1CNC(=O)c1ccc[nH]c1=S. The molecular formula is C17H20N2O2S. The van der Waals surface area contributed by atoms with Crippen LogP contribution in [0.25, 0.3) is 0 Å². The predicted molar refractivity (Wildman–Crippen MR) is 89.2 cm³/mol. The molecule has 0 radical (unpaired) electrons. The molecule has 2 rings (SSSR count). The van der Waals surface area contributed by atoms with Gasteiger partial charge in [-0.3, -0.25) is 4.79 Å². The summed E-state index contributed by atoms with van der Waals surface area (Å²) in [7, 11) is 0. The van der Waals surface area contributed by atoms with Crippen molar-refractivity contribution in [2.75, 3.05) is 0 Å². The molecule has 0 saturated heterocycles. The molecule has 0 aliphatic carbocycles. The number of hydrogen-bond donors (Lipinski definition) is 2. The lowest BCUT2D eigenvalue weighted by Crippen LogP contribution is -2.24. The maximum atomic E-state index is 12.2. The average Bonchev–Trinajstić information content (AvgIpc) is 2.51. The fourth-order valence-electron chi connectivity index (χ4n) is 2.00. The summed E-state index contributed by atoms with van der Waals surface area (Å²) in [6.07, 6.45) is 1.88. The van der Waals surface area contributed by atoms with Gasteiger partial charge in [0.2, 0.25) is 0 Å². The molecule has 5 heteroatoms. The summed E-state index contributed by atoms with van der Waals surface area (Å²) in [6.45, 7) is 4.98. The smallest absolute Gasteiger partial charge is 0.254 e. The van der Waals surface area contributed by atoms with Crippen molar-refractivity contribution in [2.45, 2.75) is 33.1 Å². The first kappa shape index (κ1) is 16.4. The number of benzene rings is 1. The minimum atomic E-state index is -0.179. The van der Waals surface area contributed by atoms with E-state index >= 15 is 0 Å². The van der Waals surface area contributed by atoms with Gasteiger partial charge in [0.15, 0.2) is 0 Å². The molecule has 0 spiro atoms. The van der Waals surface area contributed by atoms with Crippen LogP contribution in [0.15, 0.2) is 42.6 Å². The molecule has 1 amide bonds. The molecule has 116 valence electrons. The Hall–Kier alpha value is -1.98. The van der Waals surface area contributed by atoms with Crippen LogP contribution in [0, 0.1) is 4.64 Å². The van der Waals surface area contributed by atoms with Crippen molar-refractivity contribution in [3.05, 3.63) is 63.9 Å². The Morgan fingerprint density at radius 1 is 1.23 bits per heavy atom. The van der Waals surface area contributed by atoms with Crippen molar-refractivity contribution in [1.82, 2.24) is 10.3 Å². The first-order valence-corrected chi connectivity index (χ1v) is 7.63. The lowest BCUT2D eigenvalue weighted by Gasteiger charge is -2.13. The van der Waals surface area contributed by atoms with Gasteiger partial charge in [-0.2, -0.15) is 0 Å². The van der Waals surface area contributed by atoms with Crippen molar-refractivity contribution < 1.29 is 9.53 Å². The molecule has 2 aromatic rings. The largest absolute Gasteiger partial charge is 0.374 e. The molecule has 0 bridgehead atoms. The van der Waals surface area contributed by atoms with E-state index in [-0.39, 0.29) is 12.0 Å². The normalized spacial score (nSPS) is 10.7. The number of ether oxygens (including phenoxy) is 1. The van der Waals surface area contributed by atoms with Crippen molar-refractivity contribution in [3.8, 4) is 0 Å². The number of pyridine rings is 1. The van der Waals surface area contributed by atoms with Gasteiger partial charge in [-0.05, 0) is 37.1 Å². The van der Waals surface area contributed by atoms with Crippen LogP contribution in [0.2, 0.25) is 0 Å². The number of amides is 1. The maximum Gasteiger partial charge on any atom is 0.254 e. The van der Waals surface area contributed by atoms with Crippen molar-refractivity contribution in [1.29, 1.82) is 0 Å². The van der Waals surface area contributed by atoms with Gasteiger partial charge in [-0.15, -0.1) is 0 Å². The second-order valence-corrected chi connectivity index (χ2v) is 5.63. The summed E-state index contributed by atoms with van der Waals surface area (Å²) in [5.41, 5.74) is 2.60. The summed E-state index contributed by atoms with van der Waals surface area (Å²) in [5.74, 6) is -0.179. The third-order valence-corrected chi connectivity index (χ3v) is 3.53. The Labute approximate surface area is 135 Å². The summed E-state index contributed by atoms with van der Waals surface area (Å²) in [4.78, 5) is 15.0. The molecule has 0 atom stereocenters. The standard InChI is InChI=1S/C17H20N2O2S/c1-12(2)21-11-14-7-4-3-6-13(14)10-19-16(20)15-8-5-9-18-17(15)22/h3-9,12H,10-11H2,1-2H3,(H,18,22)(H,19,20).